The Morgan fingerprint density at radius 2 is 1.90 bits per heavy atom. The molecular weight excluding hydrogens is 272 g/mol. The lowest BCUT2D eigenvalue weighted by molar-refractivity contribution is 0.606. The van der Waals surface area contributed by atoms with Crippen molar-refractivity contribution in [1.29, 1.82) is 0 Å². The van der Waals surface area contributed by atoms with E-state index in [9.17, 15) is 0 Å². The number of halogens is 1. The van der Waals surface area contributed by atoms with Crippen molar-refractivity contribution in [2.75, 3.05) is 17.2 Å². The van der Waals surface area contributed by atoms with Crippen LogP contribution in [0.25, 0.3) is 0 Å². The maximum Gasteiger partial charge on any atom is 0.135 e. The Kier molecular flexibility index (Phi) is 5.18. The Hall–Kier alpha value is -1.81. The van der Waals surface area contributed by atoms with Crippen molar-refractivity contribution in [1.82, 2.24) is 9.97 Å². The zero-order chi connectivity index (χ0) is 14.4. The van der Waals surface area contributed by atoms with Crippen LogP contribution in [0.15, 0.2) is 36.7 Å². The summed E-state index contributed by atoms with van der Waals surface area (Å²) < 4.78 is 0. The van der Waals surface area contributed by atoms with Crippen LogP contribution in [0, 0.1) is 5.92 Å². The molecule has 0 aliphatic heterocycles. The lowest BCUT2D eigenvalue weighted by atomic mass is 10.1. The van der Waals surface area contributed by atoms with Crippen LogP contribution in [0.2, 0.25) is 5.02 Å². The van der Waals surface area contributed by atoms with Crippen molar-refractivity contribution < 1.29 is 0 Å². The van der Waals surface area contributed by atoms with Gasteiger partial charge in [-0.25, -0.2) is 9.97 Å². The number of nitrogens with one attached hydrogen (secondary N) is 2. The molecule has 4 nitrogen and oxygen atoms in total. The van der Waals surface area contributed by atoms with E-state index in [1.807, 2.05) is 30.3 Å². The number of hydrogen-bond donors (Lipinski definition) is 2. The summed E-state index contributed by atoms with van der Waals surface area (Å²) in [5.74, 6) is 2.21. The molecule has 2 rings (SSSR count). The molecule has 0 fully saturated rings. The SMILES string of the molecule is CC(C)CCNc1cc(Nc2ccccc2Cl)ncn1. The highest BCUT2D eigenvalue weighted by Gasteiger charge is 2.02. The Morgan fingerprint density at radius 3 is 2.65 bits per heavy atom. The number of aromatic nitrogens is 2. The summed E-state index contributed by atoms with van der Waals surface area (Å²) in [6.45, 7) is 5.30. The average molecular weight is 291 g/mol. The van der Waals surface area contributed by atoms with Gasteiger partial charge in [0.25, 0.3) is 0 Å². The molecule has 0 saturated heterocycles. The molecule has 0 atom stereocenters. The van der Waals surface area contributed by atoms with Crippen LogP contribution in [0.4, 0.5) is 17.3 Å². The molecule has 1 heterocycles. The van der Waals surface area contributed by atoms with Gasteiger partial charge in [-0.1, -0.05) is 37.6 Å². The molecule has 20 heavy (non-hydrogen) atoms. The van der Waals surface area contributed by atoms with Gasteiger partial charge >= 0.3 is 0 Å². The minimum Gasteiger partial charge on any atom is -0.370 e. The smallest absolute Gasteiger partial charge is 0.135 e. The fourth-order valence-electron chi connectivity index (χ4n) is 1.71. The number of hydrogen-bond acceptors (Lipinski definition) is 4. The van der Waals surface area contributed by atoms with E-state index < -0.39 is 0 Å². The summed E-state index contributed by atoms with van der Waals surface area (Å²) >= 11 is 6.11. The van der Waals surface area contributed by atoms with Crippen molar-refractivity contribution >= 4 is 28.9 Å². The minimum atomic E-state index is 0.667. The van der Waals surface area contributed by atoms with Gasteiger partial charge in [0.1, 0.15) is 18.0 Å². The monoisotopic (exact) mass is 290 g/mol. The van der Waals surface area contributed by atoms with E-state index in [1.54, 1.807) is 0 Å². The number of anilines is 3. The minimum absolute atomic E-state index is 0.667. The molecule has 0 radical (unpaired) electrons. The molecule has 0 spiro atoms. The van der Waals surface area contributed by atoms with Crippen LogP contribution < -0.4 is 10.6 Å². The first-order valence-electron chi connectivity index (χ1n) is 6.72. The predicted molar refractivity (Wildman–Crippen MR) is 84.7 cm³/mol. The third-order valence-corrected chi connectivity index (χ3v) is 3.16. The van der Waals surface area contributed by atoms with Crippen molar-refractivity contribution in [2.24, 2.45) is 5.92 Å². The van der Waals surface area contributed by atoms with Gasteiger partial charge in [-0.3, -0.25) is 0 Å². The highest BCUT2D eigenvalue weighted by molar-refractivity contribution is 6.33. The first kappa shape index (κ1) is 14.6. The summed E-state index contributed by atoms with van der Waals surface area (Å²) in [5.41, 5.74) is 0.834. The molecule has 2 aromatic rings. The van der Waals surface area contributed by atoms with E-state index in [4.69, 9.17) is 11.6 Å². The van der Waals surface area contributed by atoms with E-state index in [-0.39, 0.29) is 0 Å². The third kappa shape index (κ3) is 4.38. The van der Waals surface area contributed by atoms with E-state index in [0.29, 0.717) is 10.9 Å². The van der Waals surface area contributed by atoms with Gasteiger partial charge < -0.3 is 10.6 Å². The number of nitrogens with zero attached hydrogens (tertiary/aromatic N) is 2. The maximum absolute atomic E-state index is 6.11. The quantitative estimate of drug-likeness (QED) is 0.831. The Bertz CT molecular complexity index is 557. The number of para-hydroxylation sites is 1. The predicted octanol–water partition coefficient (Wildman–Crippen LogP) is 4.33. The summed E-state index contributed by atoms with van der Waals surface area (Å²) in [5, 5.41) is 7.15. The molecular formula is C15H19ClN4. The second-order valence-electron chi connectivity index (χ2n) is 5.00. The number of benzene rings is 1. The van der Waals surface area contributed by atoms with Crippen LogP contribution >= 0.6 is 11.6 Å². The van der Waals surface area contributed by atoms with Crippen molar-refractivity contribution in [3.8, 4) is 0 Å². The van der Waals surface area contributed by atoms with Gasteiger partial charge in [0.05, 0.1) is 10.7 Å². The van der Waals surface area contributed by atoms with E-state index in [1.165, 1.54) is 6.33 Å². The van der Waals surface area contributed by atoms with Crippen LogP contribution in [0.3, 0.4) is 0 Å². The normalized spacial score (nSPS) is 10.6. The fraction of sp³-hybridized carbons (Fsp3) is 0.333. The molecule has 1 aromatic carbocycles. The van der Waals surface area contributed by atoms with E-state index in [0.717, 1.165) is 30.3 Å². The maximum atomic E-state index is 6.11. The highest BCUT2D eigenvalue weighted by atomic mass is 35.5. The van der Waals surface area contributed by atoms with Gasteiger partial charge in [0.2, 0.25) is 0 Å². The van der Waals surface area contributed by atoms with Crippen molar-refractivity contribution in [3.63, 3.8) is 0 Å². The van der Waals surface area contributed by atoms with E-state index in [2.05, 4.69) is 34.4 Å². The van der Waals surface area contributed by atoms with Gasteiger partial charge in [0, 0.05) is 12.6 Å². The van der Waals surface area contributed by atoms with Gasteiger partial charge in [0.15, 0.2) is 0 Å². The lowest BCUT2D eigenvalue weighted by Gasteiger charge is -2.10. The Labute approximate surface area is 124 Å². The molecule has 1 aromatic heterocycles. The van der Waals surface area contributed by atoms with Gasteiger partial charge in [-0.15, -0.1) is 0 Å². The van der Waals surface area contributed by atoms with Crippen molar-refractivity contribution in [3.05, 3.63) is 41.7 Å². The molecule has 5 heteroatoms. The molecule has 0 unspecified atom stereocenters. The second-order valence-corrected chi connectivity index (χ2v) is 5.41. The zero-order valence-electron chi connectivity index (χ0n) is 11.7. The van der Waals surface area contributed by atoms with Crippen LogP contribution in [0.1, 0.15) is 20.3 Å². The molecule has 0 bridgehead atoms. The number of rotatable bonds is 6. The lowest BCUT2D eigenvalue weighted by Crippen LogP contribution is -2.07. The largest absolute Gasteiger partial charge is 0.370 e. The van der Waals surface area contributed by atoms with Crippen LogP contribution in [-0.4, -0.2) is 16.5 Å². The summed E-state index contributed by atoms with van der Waals surface area (Å²) in [6, 6.07) is 9.45. The van der Waals surface area contributed by atoms with E-state index >= 15 is 0 Å². The average Bonchev–Trinajstić information content (AvgIpc) is 2.41. The zero-order valence-corrected chi connectivity index (χ0v) is 12.5. The first-order valence-corrected chi connectivity index (χ1v) is 7.10. The van der Waals surface area contributed by atoms with Crippen molar-refractivity contribution in [2.45, 2.75) is 20.3 Å². The molecule has 2 N–H and O–H groups in total. The fourth-order valence-corrected chi connectivity index (χ4v) is 1.89. The van der Waals surface area contributed by atoms with Gasteiger partial charge in [-0.05, 0) is 24.5 Å². The Balaban J connectivity index is 2.01. The third-order valence-electron chi connectivity index (χ3n) is 2.83. The summed E-state index contributed by atoms with van der Waals surface area (Å²) in [4.78, 5) is 8.40. The standard InChI is InChI=1S/C15H19ClN4/c1-11(2)7-8-17-14-9-15(19-10-18-14)20-13-6-4-3-5-12(13)16/h3-6,9-11H,7-8H2,1-2H3,(H2,17,18,19,20). The molecule has 0 aliphatic carbocycles. The summed E-state index contributed by atoms with van der Waals surface area (Å²) in [6.07, 6.45) is 2.65. The molecule has 106 valence electrons. The molecule has 0 aliphatic rings. The highest BCUT2D eigenvalue weighted by Crippen LogP contribution is 2.24. The van der Waals surface area contributed by atoms with Gasteiger partial charge in [-0.2, -0.15) is 0 Å². The molecule has 0 amide bonds. The summed E-state index contributed by atoms with van der Waals surface area (Å²) in [7, 11) is 0. The first-order chi connectivity index (χ1) is 9.65. The van der Waals surface area contributed by atoms with Crippen LogP contribution in [0.5, 0.6) is 0 Å². The Morgan fingerprint density at radius 1 is 1.15 bits per heavy atom. The second kappa shape index (κ2) is 7.10. The van der Waals surface area contributed by atoms with Crippen LogP contribution in [-0.2, 0) is 0 Å². The topological polar surface area (TPSA) is 49.8 Å². The molecule has 0 saturated carbocycles.